The first-order valence-electron chi connectivity index (χ1n) is 5.78. The summed E-state index contributed by atoms with van der Waals surface area (Å²) in [7, 11) is 0. The maximum Gasteiger partial charge on any atom is 0.251 e. The smallest absolute Gasteiger partial charge is 0.251 e. The Morgan fingerprint density at radius 3 is 2.65 bits per heavy atom. The second-order valence-electron chi connectivity index (χ2n) is 4.32. The van der Waals surface area contributed by atoms with E-state index < -0.39 is 0 Å². The van der Waals surface area contributed by atoms with Gasteiger partial charge in [0.2, 0.25) is 0 Å². The van der Waals surface area contributed by atoms with E-state index in [2.05, 4.69) is 40.4 Å². The molecule has 1 aromatic carbocycles. The van der Waals surface area contributed by atoms with E-state index in [-0.39, 0.29) is 5.91 Å². The summed E-state index contributed by atoms with van der Waals surface area (Å²) < 4.78 is 0.994. The summed E-state index contributed by atoms with van der Waals surface area (Å²) in [5.74, 6) is -0.0134. The third-order valence-corrected chi connectivity index (χ3v) is 2.89. The van der Waals surface area contributed by atoms with E-state index in [4.69, 9.17) is 0 Å². The van der Waals surface area contributed by atoms with Crippen molar-refractivity contribution in [2.75, 3.05) is 13.1 Å². The van der Waals surface area contributed by atoms with Crippen LogP contribution in [0.1, 0.15) is 29.8 Å². The fourth-order valence-electron chi connectivity index (χ4n) is 1.51. The van der Waals surface area contributed by atoms with Crippen LogP contribution < -0.4 is 10.6 Å². The molecule has 0 aromatic heterocycles. The molecule has 4 heteroatoms. The van der Waals surface area contributed by atoms with Crippen LogP contribution in [0.15, 0.2) is 22.7 Å². The molecule has 0 unspecified atom stereocenters. The average molecular weight is 299 g/mol. The molecule has 17 heavy (non-hydrogen) atoms. The maximum atomic E-state index is 11.9. The van der Waals surface area contributed by atoms with Crippen LogP contribution in [0, 0.1) is 6.92 Å². The number of carbonyl (C=O) groups excluding carboxylic acids is 1. The van der Waals surface area contributed by atoms with Crippen LogP contribution >= 0.6 is 15.9 Å². The van der Waals surface area contributed by atoms with Crippen molar-refractivity contribution >= 4 is 21.8 Å². The highest BCUT2D eigenvalue weighted by Gasteiger charge is 2.08. The van der Waals surface area contributed by atoms with Crippen molar-refractivity contribution in [2.24, 2.45) is 0 Å². The molecule has 3 nitrogen and oxygen atoms in total. The molecule has 0 fully saturated rings. The van der Waals surface area contributed by atoms with Crippen LogP contribution in [0.5, 0.6) is 0 Å². The zero-order valence-corrected chi connectivity index (χ0v) is 12.1. The lowest BCUT2D eigenvalue weighted by Gasteiger charge is -2.10. The van der Waals surface area contributed by atoms with Gasteiger partial charge in [0, 0.05) is 29.2 Å². The minimum Gasteiger partial charge on any atom is -0.351 e. The molecular weight excluding hydrogens is 280 g/mol. The summed E-state index contributed by atoms with van der Waals surface area (Å²) in [5.41, 5.74) is 1.71. The van der Waals surface area contributed by atoms with Crippen molar-refractivity contribution in [1.29, 1.82) is 0 Å². The minimum atomic E-state index is -0.0134. The minimum absolute atomic E-state index is 0.0134. The Morgan fingerprint density at radius 2 is 2.06 bits per heavy atom. The number of benzene rings is 1. The highest BCUT2D eigenvalue weighted by Crippen LogP contribution is 2.15. The van der Waals surface area contributed by atoms with Crippen molar-refractivity contribution in [2.45, 2.75) is 26.8 Å². The number of rotatable bonds is 5. The Hall–Kier alpha value is -0.870. The Bertz CT molecular complexity index is 391. The Kier molecular flexibility index (Phi) is 5.65. The topological polar surface area (TPSA) is 41.1 Å². The second-order valence-corrected chi connectivity index (χ2v) is 5.24. The van der Waals surface area contributed by atoms with E-state index in [0.717, 1.165) is 22.1 Å². The monoisotopic (exact) mass is 298 g/mol. The van der Waals surface area contributed by atoms with Gasteiger partial charge in [-0.15, -0.1) is 0 Å². The van der Waals surface area contributed by atoms with Crippen LogP contribution in [0.4, 0.5) is 0 Å². The largest absolute Gasteiger partial charge is 0.351 e. The third kappa shape index (κ3) is 4.88. The molecule has 0 atom stereocenters. The van der Waals surface area contributed by atoms with E-state index in [9.17, 15) is 4.79 Å². The van der Waals surface area contributed by atoms with Crippen molar-refractivity contribution in [3.8, 4) is 0 Å². The number of aryl methyl sites for hydroxylation is 1. The summed E-state index contributed by atoms with van der Waals surface area (Å²) in [6, 6.07) is 6.11. The number of amides is 1. The van der Waals surface area contributed by atoms with Crippen molar-refractivity contribution in [1.82, 2.24) is 10.6 Å². The molecule has 1 aromatic rings. The number of hydrogen-bond donors (Lipinski definition) is 2. The van der Waals surface area contributed by atoms with Crippen LogP contribution in [0.2, 0.25) is 0 Å². The second kappa shape index (κ2) is 6.77. The van der Waals surface area contributed by atoms with Gasteiger partial charge >= 0.3 is 0 Å². The lowest BCUT2D eigenvalue weighted by Crippen LogP contribution is -2.34. The molecule has 0 bridgehead atoms. The van der Waals surface area contributed by atoms with E-state index in [1.165, 1.54) is 0 Å². The molecule has 2 N–H and O–H groups in total. The molecule has 0 radical (unpaired) electrons. The zero-order chi connectivity index (χ0) is 12.8. The van der Waals surface area contributed by atoms with Gasteiger partial charge in [-0.25, -0.2) is 0 Å². The first-order valence-corrected chi connectivity index (χ1v) is 6.57. The maximum absolute atomic E-state index is 11.9. The summed E-state index contributed by atoms with van der Waals surface area (Å²) in [4.78, 5) is 11.9. The Balaban J connectivity index is 2.47. The van der Waals surface area contributed by atoms with Gasteiger partial charge in [0.15, 0.2) is 0 Å². The molecule has 0 aliphatic carbocycles. The molecular formula is C13H19BrN2O. The van der Waals surface area contributed by atoms with Gasteiger partial charge in [0.1, 0.15) is 0 Å². The molecule has 0 spiro atoms. The molecule has 0 aliphatic rings. The Morgan fingerprint density at radius 1 is 1.35 bits per heavy atom. The first-order chi connectivity index (χ1) is 8.00. The SMILES string of the molecule is Cc1cc(Br)ccc1C(=O)NCCNC(C)C. The Labute approximate surface area is 111 Å². The molecule has 0 saturated heterocycles. The number of hydrogen-bond acceptors (Lipinski definition) is 2. The van der Waals surface area contributed by atoms with Crippen LogP contribution in [-0.4, -0.2) is 25.0 Å². The summed E-state index contributed by atoms with van der Waals surface area (Å²) in [5, 5.41) is 6.15. The van der Waals surface area contributed by atoms with Crippen LogP contribution in [0.25, 0.3) is 0 Å². The predicted molar refractivity (Wildman–Crippen MR) is 74.4 cm³/mol. The summed E-state index contributed by atoms with van der Waals surface area (Å²) >= 11 is 3.38. The molecule has 0 saturated carbocycles. The van der Waals surface area contributed by atoms with Crippen molar-refractivity contribution in [3.05, 3.63) is 33.8 Å². The first kappa shape index (κ1) is 14.2. The summed E-state index contributed by atoms with van der Waals surface area (Å²) in [6.07, 6.45) is 0. The third-order valence-electron chi connectivity index (χ3n) is 2.40. The fourth-order valence-corrected chi connectivity index (χ4v) is 1.99. The van der Waals surface area contributed by atoms with Crippen molar-refractivity contribution in [3.63, 3.8) is 0 Å². The number of carbonyl (C=O) groups is 1. The van der Waals surface area contributed by atoms with E-state index in [1.54, 1.807) is 0 Å². The van der Waals surface area contributed by atoms with E-state index >= 15 is 0 Å². The van der Waals surface area contributed by atoms with Gasteiger partial charge in [0.25, 0.3) is 5.91 Å². The van der Waals surface area contributed by atoms with Gasteiger partial charge in [-0.1, -0.05) is 29.8 Å². The molecule has 1 rings (SSSR count). The molecule has 1 amide bonds. The highest BCUT2D eigenvalue weighted by atomic mass is 79.9. The average Bonchev–Trinajstić information content (AvgIpc) is 2.23. The lowest BCUT2D eigenvalue weighted by atomic mass is 10.1. The number of halogens is 1. The van der Waals surface area contributed by atoms with Gasteiger partial charge in [-0.05, 0) is 30.7 Å². The van der Waals surface area contributed by atoms with E-state index in [0.29, 0.717) is 12.6 Å². The fraction of sp³-hybridized carbons (Fsp3) is 0.462. The van der Waals surface area contributed by atoms with Crippen LogP contribution in [0.3, 0.4) is 0 Å². The predicted octanol–water partition coefficient (Wildman–Crippen LogP) is 2.49. The number of nitrogens with one attached hydrogen (secondary N) is 2. The zero-order valence-electron chi connectivity index (χ0n) is 10.5. The van der Waals surface area contributed by atoms with E-state index in [1.807, 2.05) is 25.1 Å². The molecule has 0 aliphatic heterocycles. The highest BCUT2D eigenvalue weighted by molar-refractivity contribution is 9.10. The van der Waals surface area contributed by atoms with Crippen LogP contribution in [-0.2, 0) is 0 Å². The summed E-state index contributed by atoms with van der Waals surface area (Å²) in [6.45, 7) is 7.54. The van der Waals surface area contributed by atoms with Gasteiger partial charge in [0.05, 0.1) is 0 Å². The quantitative estimate of drug-likeness (QED) is 0.820. The van der Waals surface area contributed by atoms with Gasteiger partial charge in [-0.2, -0.15) is 0 Å². The molecule has 0 heterocycles. The van der Waals surface area contributed by atoms with Crippen molar-refractivity contribution < 1.29 is 4.79 Å². The standard InChI is InChI=1S/C13H19BrN2O/c1-9(2)15-6-7-16-13(17)12-5-4-11(14)8-10(12)3/h4-5,8-9,15H,6-7H2,1-3H3,(H,16,17). The van der Waals surface area contributed by atoms with Gasteiger partial charge < -0.3 is 10.6 Å². The normalized spacial score (nSPS) is 10.6. The lowest BCUT2D eigenvalue weighted by molar-refractivity contribution is 0.0953. The van der Waals surface area contributed by atoms with Gasteiger partial charge in [-0.3, -0.25) is 4.79 Å². The molecule has 94 valence electrons.